The number of aromatic nitrogens is 3. The first-order chi connectivity index (χ1) is 28.0. The van der Waals surface area contributed by atoms with Gasteiger partial charge in [-0.25, -0.2) is 15.0 Å². The molecule has 0 fully saturated rings. The molecule has 268 valence electrons. The molecule has 1 aliphatic rings. The lowest BCUT2D eigenvalue weighted by Gasteiger charge is -2.21. The van der Waals surface area contributed by atoms with Crippen molar-refractivity contribution in [2.45, 2.75) is 19.3 Å². The molecule has 0 N–H and O–H groups in total. The molecule has 3 heteroatoms. The first kappa shape index (κ1) is 33.1. The fourth-order valence-corrected chi connectivity index (χ4v) is 9.08. The molecular weight excluding hydrogens is 691 g/mol. The molecule has 57 heavy (non-hydrogen) atoms. The van der Waals surface area contributed by atoms with Gasteiger partial charge in [0.25, 0.3) is 0 Å². The molecule has 0 spiro atoms. The second-order valence-electron chi connectivity index (χ2n) is 15.6. The molecule has 0 bridgehead atoms. The molecule has 3 nitrogen and oxygen atoms in total. The van der Waals surface area contributed by atoms with Crippen molar-refractivity contribution in [1.29, 1.82) is 0 Å². The van der Waals surface area contributed by atoms with Gasteiger partial charge in [-0.3, -0.25) is 0 Å². The maximum atomic E-state index is 5.24. The SMILES string of the molecule is CC1(C)c2ccccc2-c2cc(-c3nc(-c4ccc(-c5c6ccccc6cc6c5ccc5ccccc56)cc4)nc(-c4ccccc4-c4ccccc4)n3)ccc21. The molecule has 0 saturated carbocycles. The first-order valence-corrected chi connectivity index (χ1v) is 19.6. The van der Waals surface area contributed by atoms with Crippen molar-refractivity contribution in [1.82, 2.24) is 15.0 Å². The van der Waals surface area contributed by atoms with Crippen LogP contribution in [0.15, 0.2) is 188 Å². The number of fused-ring (bicyclic) bond motifs is 7. The lowest BCUT2D eigenvalue weighted by atomic mass is 9.82. The Bertz CT molecular complexity index is 3200. The summed E-state index contributed by atoms with van der Waals surface area (Å²) in [6.45, 7) is 4.62. The smallest absolute Gasteiger partial charge is 0.164 e. The zero-order valence-electron chi connectivity index (χ0n) is 31.7. The van der Waals surface area contributed by atoms with Crippen LogP contribution >= 0.6 is 0 Å². The highest BCUT2D eigenvalue weighted by Crippen LogP contribution is 2.49. The molecule has 1 aliphatic carbocycles. The molecule has 1 aromatic heterocycles. The summed E-state index contributed by atoms with van der Waals surface area (Å²) in [5, 5.41) is 7.46. The molecule has 0 amide bonds. The Morgan fingerprint density at radius 1 is 0.316 bits per heavy atom. The van der Waals surface area contributed by atoms with Crippen LogP contribution in [0.4, 0.5) is 0 Å². The third-order valence-corrected chi connectivity index (χ3v) is 11.9. The first-order valence-electron chi connectivity index (χ1n) is 19.6. The fourth-order valence-electron chi connectivity index (χ4n) is 9.08. The molecule has 0 aliphatic heterocycles. The molecule has 11 rings (SSSR count). The highest BCUT2D eigenvalue weighted by atomic mass is 15.0. The van der Waals surface area contributed by atoms with Gasteiger partial charge in [-0.05, 0) is 89.0 Å². The summed E-state index contributed by atoms with van der Waals surface area (Å²) in [4.78, 5) is 15.7. The van der Waals surface area contributed by atoms with Gasteiger partial charge in [-0.1, -0.05) is 190 Å². The monoisotopic (exact) mass is 727 g/mol. The van der Waals surface area contributed by atoms with Gasteiger partial charge < -0.3 is 0 Å². The van der Waals surface area contributed by atoms with Crippen LogP contribution in [-0.2, 0) is 5.41 Å². The zero-order valence-corrected chi connectivity index (χ0v) is 31.7. The molecular formula is C54H37N3. The van der Waals surface area contributed by atoms with Crippen molar-refractivity contribution in [2.75, 3.05) is 0 Å². The van der Waals surface area contributed by atoms with E-state index in [0.717, 1.165) is 33.4 Å². The van der Waals surface area contributed by atoms with Crippen LogP contribution in [0.5, 0.6) is 0 Å². The summed E-state index contributed by atoms with van der Waals surface area (Å²) in [7, 11) is 0. The van der Waals surface area contributed by atoms with Crippen LogP contribution < -0.4 is 0 Å². The highest BCUT2D eigenvalue weighted by molar-refractivity contribution is 6.20. The van der Waals surface area contributed by atoms with Gasteiger partial charge in [0.05, 0.1) is 0 Å². The van der Waals surface area contributed by atoms with Crippen LogP contribution in [0.1, 0.15) is 25.0 Å². The maximum Gasteiger partial charge on any atom is 0.164 e. The third-order valence-electron chi connectivity index (χ3n) is 11.9. The van der Waals surface area contributed by atoms with E-state index in [2.05, 4.69) is 196 Å². The number of rotatable bonds is 5. The summed E-state index contributed by atoms with van der Waals surface area (Å²) in [6.07, 6.45) is 0. The van der Waals surface area contributed by atoms with Crippen molar-refractivity contribution in [2.24, 2.45) is 0 Å². The van der Waals surface area contributed by atoms with E-state index in [0.29, 0.717) is 17.5 Å². The number of hydrogen-bond donors (Lipinski definition) is 0. The van der Waals surface area contributed by atoms with Crippen LogP contribution in [0.2, 0.25) is 0 Å². The Kier molecular flexibility index (Phi) is 7.52. The summed E-state index contributed by atoms with van der Waals surface area (Å²) in [5.74, 6) is 1.94. The summed E-state index contributed by atoms with van der Waals surface area (Å²) >= 11 is 0. The van der Waals surface area contributed by atoms with E-state index in [4.69, 9.17) is 15.0 Å². The molecule has 1 heterocycles. The average Bonchev–Trinajstić information content (AvgIpc) is 3.51. The van der Waals surface area contributed by atoms with Gasteiger partial charge in [-0.2, -0.15) is 0 Å². The van der Waals surface area contributed by atoms with Crippen LogP contribution in [0.25, 0.3) is 99.9 Å². The minimum atomic E-state index is -0.0846. The van der Waals surface area contributed by atoms with Gasteiger partial charge in [-0.15, -0.1) is 0 Å². The summed E-state index contributed by atoms with van der Waals surface area (Å²) < 4.78 is 0. The quantitative estimate of drug-likeness (QED) is 0.131. The number of benzene rings is 9. The summed E-state index contributed by atoms with van der Waals surface area (Å²) in [6, 6.07) is 67.3. The third kappa shape index (κ3) is 5.38. The highest BCUT2D eigenvalue weighted by Gasteiger charge is 2.35. The van der Waals surface area contributed by atoms with Crippen molar-refractivity contribution < 1.29 is 0 Å². The lowest BCUT2D eigenvalue weighted by Crippen LogP contribution is -2.14. The Hall–Kier alpha value is -7.23. The van der Waals surface area contributed by atoms with Crippen molar-refractivity contribution >= 4 is 32.3 Å². The molecule has 0 atom stereocenters. The van der Waals surface area contributed by atoms with E-state index in [-0.39, 0.29) is 5.41 Å². The maximum absolute atomic E-state index is 5.24. The van der Waals surface area contributed by atoms with E-state index >= 15 is 0 Å². The minimum Gasteiger partial charge on any atom is -0.208 e. The Morgan fingerprint density at radius 2 is 0.895 bits per heavy atom. The summed E-state index contributed by atoms with van der Waals surface area (Å²) in [5.41, 5.74) is 12.5. The van der Waals surface area contributed by atoms with Crippen LogP contribution in [0.3, 0.4) is 0 Å². The minimum absolute atomic E-state index is 0.0846. The predicted octanol–water partition coefficient (Wildman–Crippen LogP) is 14.0. The second-order valence-corrected chi connectivity index (χ2v) is 15.6. The van der Waals surface area contributed by atoms with Gasteiger partial charge in [0, 0.05) is 22.1 Å². The van der Waals surface area contributed by atoms with Gasteiger partial charge in [0.15, 0.2) is 17.5 Å². The Balaban J connectivity index is 1.09. The molecule has 0 radical (unpaired) electrons. The van der Waals surface area contributed by atoms with Crippen molar-refractivity contribution in [3.05, 3.63) is 199 Å². The zero-order chi connectivity index (χ0) is 38.1. The normalized spacial score (nSPS) is 12.9. The van der Waals surface area contributed by atoms with E-state index < -0.39 is 0 Å². The Labute approximate surface area is 332 Å². The van der Waals surface area contributed by atoms with Crippen molar-refractivity contribution in [3.8, 4) is 67.5 Å². The molecule has 10 aromatic rings. The molecule has 9 aromatic carbocycles. The largest absolute Gasteiger partial charge is 0.208 e. The van der Waals surface area contributed by atoms with E-state index in [1.54, 1.807) is 0 Å². The average molecular weight is 728 g/mol. The van der Waals surface area contributed by atoms with Gasteiger partial charge in [0.1, 0.15) is 0 Å². The van der Waals surface area contributed by atoms with Gasteiger partial charge in [0.2, 0.25) is 0 Å². The fraction of sp³-hybridized carbons (Fsp3) is 0.0556. The predicted molar refractivity (Wildman–Crippen MR) is 237 cm³/mol. The number of hydrogen-bond acceptors (Lipinski definition) is 3. The standard InChI is InChI=1S/C54H37N3/c1-54(2)48-23-13-12-21-43(48)47-33-39(29-31-49(47)54)52-55-51(56-53(57-52)45-22-11-10-18-40(45)34-14-4-3-5-15-34)37-26-24-36(25-27-37)50-42-20-9-7-17-38(42)32-46-41-19-8-6-16-35(41)28-30-44(46)50/h3-33H,1-2H3. The van der Waals surface area contributed by atoms with E-state index in [1.807, 2.05) is 6.07 Å². The van der Waals surface area contributed by atoms with Crippen LogP contribution in [0, 0.1) is 0 Å². The van der Waals surface area contributed by atoms with Crippen LogP contribution in [-0.4, -0.2) is 15.0 Å². The van der Waals surface area contributed by atoms with Crippen molar-refractivity contribution in [3.63, 3.8) is 0 Å². The van der Waals surface area contributed by atoms with E-state index in [9.17, 15) is 0 Å². The second kappa shape index (κ2) is 12.9. The number of nitrogens with zero attached hydrogens (tertiary/aromatic N) is 3. The van der Waals surface area contributed by atoms with E-state index in [1.165, 1.54) is 60.1 Å². The Morgan fingerprint density at radius 3 is 1.70 bits per heavy atom. The topological polar surface area (TPSA) is 38.7 Å². The molecule has 0 unspecified atom stereocenters. The molecule has 0 saturated heterocycles. The van der Waals surface area contributed by atoms with Gasteiger partial charge >= 0.3 is 0 Å². The lowest BCUT2D eigenvalue weighted by molar-refractivity contribution is 0.660.